The van der Waals surface area contributed by atoms with E-state index >= 15 is 0 Å². The summed E-state index contributed by atoms with van der Waals surface area (Å²) in [5.74, 6) is 0. The van der Waals surface area contributed by atoms with Crippen molar-refractivity contribution in [2.24, 2.45) is 0 Å². The van der Waals surface area contributed by atoms with Crippen molar-refractivity contribution in [1.29, 1.82) is 0 Å². The summed E-state index contributed by atoms with van der Waals surface area (Å²) in [6.07, 6.45) is 0. The van der Waals surface area contributed by atoms with E-state index in [1.165, 1.54) is 21.5 Å². The molecule has 4 nitrogen and oxygen atoms in total. The first-order valence-electron chi connectivity index (χ1n) is 12.5. The number of rotatable bonds is 1. The van der Waals surface area contributed by atoms with Gasteiger partial charge in [0.1, 0.15) is 5.65 Å². The van der Waals surface area contributed by atoms with E-state index in [1.807, 2.05) is 19.9 Å². The van der Waals surface area contributed by atoms with E-state index in [0.717, 1.165) is 33.0 Å². The third-order valence-corrected chi connectivity index (χ3v) is 6.52. The molecule has 2 aromatic heterocycles. The van der Waals surface area contributed by atoms with Crippen LogP contribution in [-0.4, -0.2) is 28.7 Å². The summed E-state index contributed by atoms with van der Waals surface area (Å²) in [4.78, 5) is 5.03. The fourth-order valence-electron chi connectivity index (χ4n) is 5.01. The van der Waals surface area contributed by atoms with Crippen LogP contribution in [0, 0.1) is 0 Å². The number of fused-ring (bicyclic) bond motifs is 9. The molecule has 6 aromatic rings. The van der Waals surface area contributed by atoms with Crippen molar-refractivity contribution in [3.8, 4) is 0 Å². The highest BCUT2D eigenvalue weighted by atomic mass is 16.7. The number of para-hydroxylation sites is 2. The maximum Gasteiger partial charge on any atom is 0.494 e. The Morgan fingerprint density at radius 3 is 2.17 bits per heavy atom. The zero-order chi connectivity index (χ0) is 25.4. The number of hydrogen-bond donors (Lipinski definition) is 0. The zero-order valence-corrected chi connectivity index (χ0v) is 21.4. The molecular formula is C31H31BN2O2. The topological polar surface area (TPSA) is 35.8 Å². The monoisotopic (exact) mass is 474 g/mol. The van der Waals surface area contributed by atoms with E-state index < -0.39 is 0 Å². The SMILES string of the molecule is C=C.CC.CC1(C)COB(c2ccc3c(c2)c2cc4ccccc4cc2c2nc4ccccc4n32)O1. The molecule has 0 N–H and O–H groups in total. The molecule has 1 aliphatic heterocycles. The molecule has 7 rings (SSSR count). The molecule has 0 atom stereocenters. The van der Waals surface area contributed by atoms with Crippen LogP contribution in [-0.2, 0) is 9.31 Å². The second-order valence-electron chi connectivity index (χ2n) is 9.30. The standard InChI is InChI=1S/C27H21BN2O2.C2H6.C2H4/c1-27(2)16-31-28(32-27)19-11-12-24-21(15-19)20-13-17-7-3-4-8-18(17)14-22(20)26-29-23-9-5-6-10-25(23)30(24)26;2*1-2/h3-15H,16H2,1-2H3;1-2H3;1-2H2. The van der Waals surface area contributed by atoms with Crippen molar-refractivity contribution < 1.29 is 9.31 Å². The summed E-state index contributed by atoms with van der Waals surface area (Å²) >= 11 is 0. The number of hydrogen-bond acceptors (Lipinski definition) is 3. The molecule has 0 unspecified atom stereocenters. The molecule has 0 spiro atoms. The van der Waals surface area contributed by atoms with Gasteiger partial charge in [0, 0.05) is 10.8 Å². The first-order chi connectivity index (χ1) is 17.6. The Labute approximate surface area is 212 Å². The second kappa shape index (κ2) is 9.42. The largest absolute Gasteiger partial charge is 0.494 e. The number of aromatic nitrogens is 2. The van der Waals surface area contributed by atoms with Gasteiger partial charge in [-0.1, -0.05) is 62.4 Å². The number of benzene rings is 4. The lowest BCUT2D eigenvalue weighted by molar-refractivity contribution is 0.137. The molecule has 0 saturated carbocycles. The molecule has 4 aromatic carbocycles. The molecule has 1 aliphatic rings. The van der Waals surface area contributed by atoms with Gasteiger partial charge in [0.05, 0.1) is 28.8 Å². The minimum Gasteiger partial charge on any atom is -0.404 e. The zero-order valence-electron chi connectivity index (χ0n) is 21.4. The van der Waals surface area contributed by atoms with E-state index in [4.69, 9.17) is 14.3 Å². The van der Waals surface area contributed by atoms with Crippen molar-refractivity contribution in [2.45, 2.75) is 33.3 Å². The summed E-state index contributed by atoms with van der Waals surface area (Å²) in [7, 11) is -0.347. The van der Waals surface area contributed by atoms with E-state index in [9.17, 15) is 0 Å². The summed E-state index contributed by atoms with van der Waals surface area (Å²) in [6, 6.07) is 27.9. The molecular weight excluding hydrogens is 443 g/mol. The van der Waals surface area contributed by atoms with Gasteiger partial charge in [0.2, 0.25) is 0 Å². The minimum atomic E-state index is -0.347. The number of pyridine rings is 1. The highest BCUT2D eigenvalue weighted by Crippen LogP contribution is 2.34. The average Bonchev–Trinajstić information content (AvgIpc) is 3.50. The maximum absolute atomic E-state index is 6.17. The van der Waals surface area contributed by atoms with E-state index in [2.05, 4.69) is 104 Å². The van der Waals surface area contributed by atoms with Gasteiger partial charge in [-0.2, -0.15) is 0 Å². The first kappa shape index (κ1) is 24.0. The molecule has 180 valence electrons. The van der Waals surface area contributed by atoms with Gasteiger partial charge in [-0.05, 0) is 65.8 Å². The smallest absolute Gasteiger partial charge is 0.404 e. The molecule has 0 amide bonds. The molecule has 0 radical (unpaired) electrons. The predicted molar refractivity (Wildman–Crippen MR) is 154 cm³/mol. The van der Waals surface area contributed by atoms with Gasteiger partial charge in [0.15, 0.2) is 0 Å². The Hall–Kier alpha value is -3.67. The van der Waals surface area contributed by atoms with Crippen LogP contribution in [0.3, 0.4) is 0 Å². The fourth-order valence-corrected chi connectivity index (χ4v) is 5.01. The Bertz CT molecular complexity index is 1720. The van der Waals surface area contributed by atoms with Crippen LogP contribution < -0.4 is 5.46 Å². The average molecular weight is 474 g/mol. The van der Waals surface area contributed by atoms with Crippen molar-refractivity contribution in [1.82, 2.24) is 9.38 Å². The quantitative estimate of drug-likeness (QED) is 0.109. The Morgan fingerprint density at radius 1 is 0.806 bits per heavy atom. The molecule has 1 fully saturated rings. The van der Waals surface area contributed by atoms with Crippen molar-refractivity contribution >= 4 is 61.7 Å². The van der Waals surface area contributed by atoms with E-state index in [0.29, 0.717) is 6.61 Å². The van der Waals surface area contributed by atoms with Gasteiger partial charge < -0.3 is 9.31 Å². The number of nitrogens with zero attached hydrogens (tertiary/aromatic N) is 2. The summed E-state index contributed by atoms with van der Waals surface area (Å²) < 4.78 is 14.4. The molecule has 1 saturated heterocycles. The highest BCUT2D eigenvalue weighted by molar-refractivity contribution is 6.62. The maximum atomic E-state index is 6.17. The van der Waals surface area contributed by atoms with Gasteiger partial charge in [-0.15, -0.1) is 13.2 Å². The molecule has 0 bridgehead atoms. The number of imidazole rings is 1. The molecule has 5 heteroatoms. The molecule has 3 heterocycles. The lowest BCUT2D eigenvalue weighted by Crippen LogP contribution is -2.34. The van der Waals surface area contributed by atoms with E-state index in [1.54, 1.807) is 0 Å². The Kier molecular flexibility index (Phi) is 6.29. The van der Waals surface area contributed by atoms with Crippen LogP contribution in [0.25, 0.3) is 49.1 Å². The van der Waals surface area contributed by atoms with Gasteiger partial charge in [0.25, 0.3) is 0 Å². The lowest BCUT2D eigenvalue weighted by Gasteiger charge is -2.16. The second-order valence-corrected chi connectivity index (χ2v) is 9.30. The van der Waals surface area contributed by atoms with Crippen LogP contribution in [0.1, 0.15) is 27.7 Å². The summed E-state index contributed by atoms with van der Waals surface area (Å²) in [5, 5.41) is 5.96. The van der Waals surface area contributed by atoms with Crippen molar-refractivity contribution in [2.75, 3.05) is 6.61 Å². The van der Waals surface area contributed by atoms with E-state index in [-0.39, 0.29) is 12.7 Å². The normalized spacial score (nSPS) is 14.7. The lowest BCUT2D eigenvalue weighted by atomic mass is 9.78. The van der Waals surface area contributed by atoms with Gasteiger partial charge >= 0.3 is 7.12 Å². The predicted octanol–water partition coefficient (Wildman–Crippen LogP) is 7.30. The first-order valence-corrected chi connectivity index (χ1v) is 12.5. The van der Waals surface area contributed by atoms with Crippen molar-refractivity contribution in [3.05, 3.63) is 92.0 Å². The van der Waals surface area contributed by atoms with Gasteiger partial charge in [-0.25, -0.2) is 4.98 Å². The van der Waals surface area contributed by atoms with Crippen LogP contribution in [0.4, 0.5) is 0 Å². The fraction of sp³-hybridized carbons (Fsp3) is 0.194. The Balaban J connectivity index is 0.000000637. The minimum absolute atomic E-state index is 0.275. The molecule has 0 aliphatic carbocycles. The summed E-state index contributed by atoms with van der Waals surface area (Å²) in [5.41, 5.74) is 5.01. The molecule has 36 heavy (non-hydrogen) atoms. The highest BCUT2D eigenvalue weighted by Gasteiger charge is 2.38. The third kappa shape index (κ3) is 3.85. The van der Waals surface area contributed by atoms with Gasteiger partial charge in [-0.3, -0.25) is 4.40 Å². The van der Waals surface area contributed by atoms with Crippen LogP contribution in [0.2, 0.25) is 0 Å². The van der Waals surface area contributed by atoms with Crippen molar-refractivity contribution in [3.63, 3.8) is 0 Å². The van der Waals surface area contributed by atoms with Crippen LogP contribution >= 0.6 is 0 Å². The van der Waals surface area contributed by atoms with Crippen LogP contribution in [0.5, 0.6) is 0 Å². The Morgan fingerprint density at radius 2 is 1.47 bits per heavy atom. The third-order valence-electron chi connectivity index (χ3n) is 6.52. The van der Waals surface area contributed by atoms with Crippen LogP contribution in [0.15, 0.2) is 92.0 Å². The summed E-state index contributed by atoms with van der Waals surface area (Å²) in [6.45, 7) is 14.7.